The summed E-state index contributed by atoms with van der Waals surface area (Å²) in [4.78, 5) is 18.1. The third kappa shape index (κ3) is 5.63. The van der Waals surface area contributed by atoms with E-state index in [1.807, 2.05) is 54.6 Å². The standard InChI is InChI=1S/C28H29ClN2O2/c1-20-11-16-24(19-21(20)2)33-18-8-4-3-7-17-31-27(22-12-14-23(29)15-13-22)30-26-10-6-5-9-25(26)28(31)32/h5-6,9-16,19H,3-4,7-8,17-18H2,1-2H3. The van der Waals surface area contributed by atoms with Crippen molar-refractivity contribution in [3.63, 3.8) is 0 Å². The molecule has 5 heteroatoms. The Labute approximate surface area is 199 Å². The van der Waals surface area contributed by atoms with Crippen LogP contribution in [-0.2, 0) is 6.54 Å². The first kappa shape index (κ1) is 23.1. The van der Waals surface area contributed by atoms with Crippen molar-refractivity contribution in [1.82, 2.24) is 9.55 Å². The van der Waals surface area contributed by atoms with Gasteiger partial charge in [0.2, 0.25) is 0 Å². The summed E-state index contributed by atoms with van der Waals surface area (Å²) in [7, 11) is 0. The van der Waals surface area contributed by atoms with Crippen molar-refractivity contribution >= 4 is 22.5 Å². The number of halogens is 1. The summed E-state index contributed by atoms with van der Waals surface area (Å²) in [6.45, 7) is 5.54. The first-order valence-electron chi connectivity index (χ1n) is 11.5. The summed E-state index contributed by atoms with van der Waals surface area (Å²) in [5, 5.41) is 1.31. The molecule has 0 radical (unpaired) electrons. The highest BCUT2D eigenvalue weighted by molar-refractivity contribution is 6.30. The lowest BCUT2D eigenvalue weighted by Crippen LogP contribution is -2.23. The van der Waals surface area contributed by atoms with Crippen LogP contribution in [0.3, 0.4) is 0 Å². The molecular weight excluding hydrogens is 432 g/mol. The molecule has 3 aromatic carbocycles. The Morgan fingerprint density at radius 1 is 0.879 bits per heavy atom. The molecule has 0 aliphatic carbocycles. The molecule has 0 saturated heterocycles. The highest BCUT2D eigenvalue weighted by atomic mass is 35.5. The van der Waals surface area contributed by atoms with Crippen molar-refractivity contribution in [3.8, 4) is 17.1 Å². The van der Waals surface area contributed by atoms with Crippen molar-refractivity contribution in [2.45, 2.75) is 46.1 Å². The van der Waals surface area contributed by atoms with Crippen LogP contribution in [0.4, 0.5) is 0 Å². The molecule has 0 saturated carbocycles. The lowest BCUT2D eigenvalue weighted by molar-refractivity contribution is 0.304. The Kier molecular flexibility index (Phi) is 7.46. The van der Waals surface area contributed by atoms with E-state index in [-0.39, 0.29) is 5.56 Å². The van der Waals surface area contributed by atoms with Crippen LogP contribution in [0.25, 0.3) is 22.3 Å². The average molecular weight is 461 g/mol. The molecule has 0 aliphatic rings. The molecule has 0 N–H and O–H groups in total. The number of nitrogens with zero attached hydrogens (tertiary/aromatic N) is 2. The fraction of sp³-hybridized carbons (Fsp3) is 0.286. The number of aromatic nitrogens is 2. The zero-order chi connectivity index (χ0) is 23.2. The zero-order valence-electron chi connectivity index (χ0n) is 19.2. The Bertz CT molecular complexity index is 1300. The van der Waals surface area contributed by atoms with Crippen LogP contribution in [-0.4, -0.2) is 16.2 Å². The number of benzene rings is 3. The maximum Gasteiger partial charge on any atom is 0.261 e. The maximum atomic E-state index is 13.2. The van der Waals surface area contributed by atoms with E-state index in [4.69, 9.17) is 21.3 Å². The lowest BCUT2D eigenvalue weighted by atomic mass is 10.1. The molecule has 1 heterocycles. The minimum absolute atomic E-state index is 0.00336. The van der Waals surface area contributed by atoms with Crippen molar-refractivity contribution < 1.29 is 4.74 Å². The van der Waals surface area contributed by atoms with Crippen LogP contribution < -0.4 is 10.3 Å². The van der Waals surface area contributed by atoms with Crippen molar-refractivity contribution in [3.05, 3.63) is 93.2 Å². The van der Waals surface area contributed by atoms with E-state index in [0.29, 0.717) is 34.9 Å². The van der Waals surface area contributed by atoms with E-state index in [2.05, 4.69) is 26.0 Å². The summed E-state index contributed by atoms with van der Waals surface area (Å²) in [6, 6.07) is 21.2. The fourth-order valence-corrected chi connectivity index (χ4v) is 4.04. The second kappa shape index (κ2) is 10.7. The number of hydrogen-bond donors (Lipinski definition) is 0. The molecule has 0 amide bonds. The molecule has 4 rings (SSSR count). The fourth-order valence-electron chi connectivity index (χ4n) is 3.91. The van der Waals surface area contributed by atoms with Gasteiger partial charge in [0.05, 0.1) is 17.5 Å². The second-order valence-corrected chi connectivity index (χ2v) is 8.86. The Morgan fingerprint density at radius 2 is 1.64 bits per heavy atom. The first-order chi connectivity index (χ1) is 16.0. The zero-order valence-corrected chi connectivity index (χ0v) is 19.9. The molecule has 170 valence electrons. The van der Waals surface area contributed by atoms with E-state index in [0.717, 1.165) is 37.0 Å². The SMILES string of the molecule is Cc1ccc(OCCCCCCn2c(-c3ccc(Cl)cc3)nc3ccccc3c2=O)cc1C. The van der Waals surface area contributed by atoms with Crippen molar-refractivity contribution in [2.75, 3.05) is 6.61 Å². The van der Waals surface area contributed by atoms with Crippen molar-refractivity contribution in [2.24, 2.45) is 0 Å². The number of rotatable bonds is 9. The molecule has 0 spiro atoms. The van der Waals surface area contributed by atoms with Crippen LogP contribution in [0.5, 0.6) is 5.75 Å². The predicted octanol–water partition coefficient (Wildman–Crippen LogP) is 6.97. The quantitative estimate of drug-likeness (QED) is 0.253. The van der Waals surface area contributed by atoms with Gasteiger partial charge in [-0.3, -0.25) is 9.36 Å². The Hall–Kier alpha value is -3.11. The van der Waals surface area contributed by atoms with Gasteiger partial charge in [-0.05, 0) is 86.3 Å². The molecule has 0 bridgehead atoms. The number of aryl methyl sites for hydroxylation is 2. The topological polar surface area (TPSA) is 44.1 Å². The van der Waals surface area contributed by atoms with E-state index in [1.165, 1.54) is 11.1 Å². The number of ether oxygens (including phenoxy) is 1. The van der Waals surface area contributed by atoms with Gasteiger partial charge in [-0.1, -0.05) is 42.6 Å². The minimum Gasteiger partial charge on any atom is -0.494 e. The maximum absolute atomic E-state index is 13.2. The van der Waals surface area contributed by atoms with Gasteiger partial charge in [0.15, 0.2) is 0 Å². The number of hydrogen-bond acceptors (Lipinski definition) is 3. The first-order valence-corrected chi connectivity index (χ1v) is 11.9. The smallest absolute Gasteiger partial charge is 0.261 e. The molecule has 0 fully saturated rings. The van der Waals surface area contributed by atoms with Gasteiger partial charge in [0, 0.05) is 17.1 Å². The summed E-state index contributed by atoms with van der Waals surface area (Å²) in [5.74, 6) is 1.62. The van der Waals surface area contributed by atoms with Gasteiger partial charge in [-0.15, -0.1) is 0 Å². The number of para-hydroxylation sites is 1. The summed E-state index contributed by atoms with van der Waals surface area (Å²) < 4.78 is 7.69. The number of unbranched alkanes of at least 4 members (excludes halogenated alkanes) is 3. The van der Waals surface area contributed by atoms with E-state index < -0.39 is 0 Å². The van der Waals surface area contributed by atoms with Gasteiger partial charge >= 0.3 is 0 Å². The summed E-state index contributed by atoms with van der Waals surface area (Å²) in [6.07, 6.45) is 3.97. The molecule has 4 nitrogen and oxygen atoms in total. The van der Waals surface area contributed by atoms with Gasteiger partial charge < -0.3 is 4.74 Å². The van der Waals surface area contributed by atoms with Gasteiger partial charge in [0.1, 0.15) is 11.6 Å². The van der Waals surface area contributed by atoms with Crippen LogP contribution in [0.2, 0.25) is 5.02 Å². The molecular formula is C28H29ClN2O2. The molecule has 0 aliphatic heterocycles. The minimum atomic E-state index is 0.00336. The lowest BCUT2D eigenvalue weighted by Gasteiger charge is -2.14. The Morgan fingerprint density at radius 3 is 2.42 bits per heavy atom. The molecule has 4 aromatic rings. The molecule has 0 unspecified atom stereocenters. The highest BCUT2D eigenvalue weighted by Crippen LogP contribution is 2.22. The predicted molar refractivity (Wildman–Crippen MR) is 136 cm³/mol. The molecule has 0 atom stereocenters. The van der Waals surface area contributed by atoms with E-state index in [1.54, 1.807) is 4.57 Å². The largest absolute Gasteiger partial charge is 0.494 e. The number of fused-ring (bicyclic) bond motifs is 1. The van der Waals surface area contributed by atoms with Gasteiger partial charge in [-0.25, -0.2) is 4.98 Å². The van der Waals surface area contributed by atoms with E-state index >= 15 is 0 Å². The summed E-state index contributed by atoms with van der Waals surface area (Å²) in [5.41, 5.74) is 4.14. The van der Waals surface area contributed by atoms with Crippen LogP contribution in [0, 0.1) is 13.8 Å². The van der Waals surface area contributed by atoms with Crippen molar-refractivity contribution in [1.29, 1.82) is 0 Å². The monoisotopic (exact) mass is 460 g/mol. The molecule has 1 aromatic heterocycles. The van der Waals surface area contributed by atoms with Crippen LogP contribution >= 0.6 is 11.6 Å². The van der Waals surface area contributed by atoms with Gasteiger partial charge in [0.25, 0.3) is 5.56 Å². The molecule has 33 heavy (non-hydrogen) atoms. The second-order valence-electron chi connectivity index (χ2n) is 8.42. The highest BCUT2D eigenvalue weighted by Gasteiger charge is 2.12. The summed E-state index contributed by atoms with van der Waals surface area (Å²) >= 11 is 6.06. The van der Waals surface area contributed by atoms with Crippen LogP contribution in [0.15, 0.2) is 71.5 Å². The third-order valence-corrected chi connectivity index (χ3v) is 6.24. The average Bonchev–Trinajstić information content (AvgIpc) is 2.82. The van der Waals surface area contributed by atoms with Crippen LogP contribution in [0.1, 0.15) is 36.8 Å². The van der Waals surface area contributed by atoms with Gasteiger partial charge in [-0.2, -0.15) is 0 Å². The Balaban J connectivity index is 1.39. The third-order valence-electron chi connectivity index (χ3n) is 5.99. The van der Waals surface area contributed by atoms with E-state index in [9.17, 15) is 4.79 Å². The normalized spacial score (nSPS) is 11.1.